The van der Waals surface area contributed by atoms with Crippen LogP contribution in [0.4, 0.5) is 5.69 Å². The Kier molecular flexibility index (Phi) is 4.39. The first-order valence-corrected chi connectivity index (χ1v) is 7.18. The highest BCUT2D eigenvalue weighted by atomic mass is 32.2. The lowest BCUT2D eigenvalue weighted by molar-refractivity contribution is -0.387. The maximum atomic E-state index is 12.0. The van der Waals surface area contributed by atoms with Gasteiger partial charge in [0.25, 0.3) is 11.6 Å². The van der Waals surface area contributed by atoms with E-state index in [0.29, 0.717) is 10.5 Å². The van der Waals surface area contributed by atoms with Crippen molar-refractivity contribution in [2.45, 2.75) is 17.4 Å². The van der Waals surface area contributed by atoms with E-state index < -0.39 is 4.92 Å². The van der Waals surface area contributed by atoms with Gasteiger partial charge in [-0.2, -0.15) is 0 Å². The average Bonchev–Trinajstić information content (AvgIpc) is 2.90. The molecule has 1 aliphatic rings. The van der Waals surface area contributed by atoms with Crippen LogP contribution in [0.15, 0.2) is 23.1 Å². The largest absolute Gasteiger partial charge is 0.348 e. The Hall–Kier alpha value is -1.60. The number of benzene rings is 1. The molecule has 1 saturated heterocycles. The molecule has 19 heavy (non-hydrogen) atoms. The Bertz CT molecular complexity index is 501. The van der Waals surface area contributed by atoms with Crippen LogP contribution in [0.5, 0.6) is 0 Å². The van der Waals surface area contributed by atoms with Crippen LogP contribution in [0.3, 0.4) is 0 Å². The monoisotopic (exact) mass is 281 g/mol. The number of hydrogen-bond donors (Lipinski definition) is 2. The number of rotatable bonds is 4. The van der Waals surface area contributed by atoms with Crippen LogP contribution in [-0.4, -0.2) is 36.2 Å². The van der Waals surface area contributed by atoms with Gasteiger partial charge in [0.2, 0.25) is 0 Å². The Labute approximate surface area is 115 Å². The molecule has 1 aromatic rings. The third kappa shape index (κ3) is 3.24. The Morgan fingerprint density at radius 1 is 1.58 bits per heavy atom. The summed E-state index contributed by atoms with van der Waals surface area (Å²) in [5.41, 5.74) is 0.307. The molecule has 1 atom stereocenters. The van der Waals surface area contributed by atoms with Crippen LogP contribution < -0.4 is 10.6 Å². The number of nitrogens with one attached hydrogen (secondary N) is 2. The van der Waals surface area contributed by atoms with E-state index in [2.05, 4.69) is 10.6 Å². The zero-order valence-corrected chi connectivity index (χ0v) is 11.3. The molecule has 0 radical (unpaired) electrons. The summed E-state index contributed by atoms with van der Waals surface area (Å²) >= 11 is 1.29. The van der Waals surface area contributed by atoms with E-state index in [1.807, 2.05) is 0 Å². The highest BCUT2D eigenvalue weighted by molar-refractivity contribution is 7.98. The lowest BCUT2D eigenvalue weighted by atomic mass is 10.1. The van der Waals surface area contributed by atoms with Gasteiger partial charge >= 0.3 is 0 Å². The molecule has 1 amide bonds. The van der Waals surface area contributed by atoms with Crippen molar-refractivity contribution in [3.05, 3.63) is 33.9 Å². The van der Waals surface area contributed by atoms with Crippen molar-refractivity contribution in [1.82, 2.24) is 10.6 Å². The fraction of sp³-hybridized carbons (Fsp3) is 0.417. The molecule has 6 nitrogen and oxygen atoms in total. The third-order valence-corrected chi connectivity index (χ3v) is 3.82. The Morgan fingerprint density at radius 3 is 2.95 bits per heavy atom. The molecule has 1 aromatic carbocycles. The normalized spacial score (nSPS) is 18.3. The Balaban J connectivity index is 2.17. The average molecular weight is 281 g/mol. The number of nitro benzene ring substituents is 1. The van der Waals surface area contributed by atoms with Crippen molar-refractivity contribution in [1.29, 1.82) is 0 Å². The van der Waals surface area contributed by atoms with Crippen LogP contribution in [0.2, 0.25) is 0 Å². The highest BCUT2D eigenvalue weighted by Crippen LogP contribution is 2.28. The second-order valence-electron chi connectivity index (χ2n) is 4.31. The summed E-state index contributed by atoms with van der Waals surface area (Å²) in [6.07, 6.45) is 2.66. The molecule has 0 bridgehead atoms. The summed E-state index contributed by atoms with van der Waals surface area (Å²) < 4.78 is 0. The first-order valence-electron chi connectivity index (χ1n) is 5.96. The number of hydrogen-bond acceptors (Lipinski definition) is 5. The molecular weight excluding hydrogens is 266 g/mol. The summed E-state index contributed by atoms with van der Waals surface area (Å²) in [4.78, 5) is 23.1. The van der Waals surface area contributed by atoms with Gasteiger partial charge in [-0.3, -0.25) is 14.9 Å². The highest BCUT2D eigenvalue weighted by Gasteiger charge is 2.20. The number of thioether (sulfide) groups is 1. The summed E-state index contributed by atoms with van der Waals surface area (Å²) in [5.74, 6) is -0.260. The van der Waals surface area contributed by atoms with Crippen molar-refractivity contribution in [3.63, 3.8) is 0 Å². The van der Waals surface area contributed by atoms with Gasteiger partial charge in [-0.25, -0.2) is 0 Å². The van der Waals surface area contributed by atoms with Crippen LogP contribution in [-0.2, 0) is 0 Å². The molecular formula is C12H15N3O3S. The Morgan fingerprint density at radius 2 is 2.37 bits per heavy atom. The van der Waals surface area contributed by atoms with Crippen LogP contribution in [0, 0.1) is 10.1 Å². The van der Waals surface area contributed by atoms with Crippen LogP contribution >= 0.6 is 11.8 Å². The quantitative estimate of drug-likeness (QED) is 0.495. The maximum Gasteiger partial charge on any atom is 0.283 e. The predicted octanol–water partition coefficient (Wildman–Crippen LogP) is 1.41. The molecule has 102 valence electrons. The zero-order chi connectivity index (χ0) is 13.8. The van der Waals surface area contributed by atoms with Gasteiger partial charge in [-0.1, -0.05) is 0 Å². The van der Waals surface area contributed by atoms with E-state index in [9.17, 15) is 14.9 Å². The molecule has 1 aliphatic heterocycles. The van der Waals surface area contributed by atoms with Crippen LogP contribution in [0.1, 0.15) is 16.8 Å². The second-order valence-corrected chi connectivity index (χ2v) is 5.15. The summed E-state index contributed by atoms with van der Waals surface area (Å²) in [7, 11) is 0. The van der Waals surface area contributed by atoms with Gasteiger partial charge in [0.05, 0.1) is 9.82 Å². The lowest BCUT2D eigenvalue weighted by Gasteiger charge is -2.11. The molecule has 0 spiro atoms. The van der Waals surface area contributed by atoms with Crippen molar-refractivity contribution in [3.8, 4) is 0 Å². The predicted molar refractivity (Wildman–Crippen MR) is 73.6 cm³/mol. The zero-order valence-electron chi connectivity index (χ0n) is 10.5. The molecule has 0 aliphatic carbocycles. The minimum absolute atomic E-state index is 0.0234. The summed E-state index contributed by atoms with van der Waals surface area (Å²) in [6, 6.07) is 4.68. The molecule has 1 unspecified atom stereocenters. The standard InChI is InChI=1S/C12H15N3O3S/c1-19-11-3-2-8(6-10(11)15(17)18)12(16)14-9-4-5-13-7-9/h2-3,6,9,13H,4-5,7H2,1H3,(H,14,16). The molecule has 0 aromatic heterocycles. The van der Waals surface area contributed by atoms with Crippen molar-refractivity contribution >= 4 is 23.4 Å². The van der Waals surface area contributed by atoms with Gasteiger partial charge in [0, 0.05) is 24.2 Å². The number of nitrogens with zero attached hydrogens (tertiary/aromatic N) is 1. The summed E-state index contributed by atoms with van der Waals surface area (Å²) in [5, 5.41) is 17.0. The second kappa shape index (κ2) is 6.03. The molecule has 7 heteroatoms. The van der Waals surface area contributed by atoms with E-state index in [1.54, 1.807) is 18.4 Å². The number of nitro groups is 1. The van der Waals surface area contributed by atoms with E-state index in [0.717, 1.165) is 19.5 Å². The minimum Gasteiger partial charge on any atom is -0.348 e. The van der Waals surface area contributed by atoms with Crippen LogP contribution in [0.25, 0.3) is 0 Å². The molecule has 1 fully saturated rings. The first kappa shape index (κ1) is 13.8. The first-order chi connectivity index (χ1) is 9.11. The van der Waals surface area contributed by atoms with Gasteiger partial charge in [0.1, 0.15) is 0 Å². The van der Waals surface area contributed by atoms with Crippen molar-refractivity contribution in [2.75, 3.05) is 19.3 Å². The van der Waals surface area contributed by atoms with Gasteiger partial charge in [0.15, 0.2) is 0 Å². The summed E-state index contributed by atoms with van der Waals surface area (Å²) in [6.45, 7) is 1.63. The van der Waals surface area contributed by atoms with E-state index in [4.69, 9.17) is 0 Å². The topological polar surface area (TPSA) is 84.3 Å². The fourth-order valence-electron chi connectivity index (χ4n) is 2.02. The number of carbonyl (C=O) groups excluding carboxylic acids is 1. The van der Waals surface area contributed by atoms with Crippen molar-refractivity contribution in [2.24, 2.45) is 0 Å². The molecule has 2 N–H and O–H groups in total. The molecule has 0 saturated carbocycles. The van der Waals surface area contributed by atoms with Crippen molar-refractivity contribution < 1.29 is 9.72 Å². The minimum atomic E-state index is -0.459. The van der Waals surface area contributed by atoms with E-state index in [-0.39, 0.29) is 17.6 Å². The maximum absolute atomic E-state index is 12.0. The van der Waals surface area contributed by atoms with Gasteiger partial charge in [-0.15, -0.1) is 11.8 Å². The van der Waals surface area contributed by atoms with Gasteiger partial charge < -0.3 is 10.6 Å². The number of carbonyl (C=O) groups is 1. The smallest absolute Gasteiger partial charge is 0.283 e. The SMILES string of the molecule is CSc1ccc(C(=O)NC2CCNC2)cc1[N+](=O)[O-]. The fourth-order valence-corrected chi connectivity index (χ4v) is 2.57. The lowest BCUT2D eigenvalue weighted by Crippen LogP contribution is -2.36. The third-order valence-electron chi connectivity index (χ3n) is 3.03. The van der Waals surface area contributed by atoms with Gasteiger partial charge in [-0.05, 0) is 31.4 Å². The molecule has 1 heterocycles. The molecule has 2 rings (SSSR count). The van der Waals surface area contributed by atoms with E-state index in [1.165, 1.54) is 17.8 Å². The number of amides is 1. The van der Waals surface area contributed by atoms with E-state index >= 15 is 0 Å².